The van der Waals surface area contributed by atoms with Gasteiger partial charge >= 0.3 is 0 Å². The number of H-pyrrole nitrogens is 1. The Balaban J connectivity index is 1.85. The van der Waals surface area contributed by atoms with Gasteiger partial charge in [0, 0.05) is 22.7 Å². The zero-order chi connectivity index (χ0) is 18.8. The zero-order valence-corrected chi connectivity index (χ0v) is 15.1. The first-order valence-corrected chi connectivity index (χ1v) is 8.24. The molecule has 0 radical (unpaired) electrons. The Labute approximate surface area is 162 Å². The fourth-order valence-electron chi connectivity index (χ4n) is 2.19. The highest BCUT2D eigenvalue weighted by atomic mass is 35.5. The topological polar surface area (TPSA) is 101 Å². The number of hydrogen-bond acceptors (Lipinski definition) is 4. The van der Waals surface area contributed by atoms with Crippen LogP contribution in [-0.2, 0) is 0 Å². The van der Waals surface area contributed by atoms with Crippen molar-refractivity contribution in [3.63, 3.8) is 0 Å². The van der Waals surface area contributed by atoms with Gasteiger partial charge in [-0.15, -0.1) is 0 Å². The largest absolute Gasteiger partial charge is 0.319 e. The summed E-state index contributed by atoms with van der Waals surface area (Å²) >= 11 is 18.0. The van der Waals surface area contributed by atoms with Crippen molar-refractivity contribution in [3.8, 4) is 11.3 Å². The van der Waals surface area contributed by atoms with Crippen LogP contribution in [0.2, 0.25) is 15.1 Å². The second kappa shape index (κ2) is 7.33. The number of nitrogens with zero attached hydrogens (tertiary/aromatic N) is 2. The van der Waals surface area contributed by atoms with E-state index in [9.17, 15) is 14.9 Å². The van der Waals surface area contributed by atoms with Crippen molar-refractivity contribution >= 4 is 52.1 Å². The maximum Gasteiger partial charge on any atom is 0.273 e. The van der Waals surface area contributed by atoms with E-state index >= 15 is 0 Å². The molecule has 1 amide bonds. The van der Waals surface area contributed by atoms with E-state index in [1.165, 1.54) is 24.3 Å². The van der Waals surface area contributed by atoms with Crippen LogP contribution in [0.25, 0.3) is 11.3 Å². The summed E-state index contributed by atoms with van der Waals surface area (Å²) in [6.07, 6.45) is 0. The molecule has 3 aromatic rings. The molecule has 7 nitrogen and oxygen atoms in total. The lowest BCUT2D eigenvalue weighted by molar-refractivity contribution is -0.384. The third-order valence-corrected chi connectivity index (χ3v) is 4.32. The van der Waals surface area contributed by atoms with Crippen molar-refractivity contribution in [1.29, 1.82) is 0 Å². The summed E-state index contributed by atoms with van der Waals surface area (Å²) in [4.78, 5) is 22.6. The number of aromatic nitrogens is 2. The van der Waals surface area contributed by atoms with E-state index in [4.69, 9.17) is 34.8 Å². The molecule has 0 saturated carbocycles. The van der Waals surface area contributed by atoms with Crippen molar-refractivity contribution in [2.45, 2.75) is 0 Å². The average Bonchev–Trinajstić information content (AvgIpc) is 3.06. The van der Waals surface area contributed by atoms with Gasteiger partial charge < -0.3 is 5.32 Å². The van der Waals surface area contributed by atoms with Crippen molar-refractivity contribution in [2.75, 3.05) is 5.32 Å². The summed E-state index contributed by atoms with van der Waals surface area (Å²) in [5.41, 5.74) is 1.10. The number of non-ortho nitro benzene ring substituents is 1. The molecule has 0 unspecified atom stereocenters. The van der Waals surface area contributed by atoms with Gasteiger partial charge in [0.2, 0.25) is 0 Å². The zero-order valence-electron chi connectivity index (χ0n) is 12.8. The molecule has 0 fully saturated rings. The third kappa shape index (κ3) is 3.80. The SMILES string of the molecule is O=C(Nc1cc([N+](=O)[O-])ccc1Cl)c1cc(-c2ccc(Cl)cc2Cl)n[nH]1. The predicted octanol–water partition coefficient (Wildman–Crippen LogP) is 5.20. The molecule has 0 spiro atoms. The summed E-state index contributed by atoms with van der Waals surface area (Å²) in [6, 6.07) is 10.1. The second-order valence-corrected chi connectivity index (χ2v) is 6.42. The summed E-state index contributed by atoms with van der Waals surface area (Å²) in [5, 5.41) is 21.0. The van der Waals surface area contributed by atoms with Gasteiger partial charge in [0.25, 0.3) is 11.6 Å². The third-order valence-electron chi connectivity index (χ3n) is 3.44. The molecule has 0 aliphatic carbocycles. The Kier molecular flexibility index (Phi) is 5.13. The number of rotatable bonds is 4. The molecular formula is C16H9Cl3N4O3. The lowest BCUT2D eigenvalue weighted by Crippen LogP contribution is -2.12. The predicted molar refractivity (Wildman–Crippen MR) is 100 cm³/mol. The maximum absolute atomic E-state index is 12.4. The van der Waals surface area contributed by atoms with Gasteiger partial charge in [0.05, 0.1) is 26.3 Å². The Hall–Kier alpha value is -2.61. The van der Waals surface area contributed by atoms with Crippen molar-refractivity contribution in [3.05, 3.63) is 73.3 Å². The molecular weight excluding hydrogens is 403 g/mol. The van der Waals surface area contributed by atoms with Crippen molar-refractivity contribution < 1.29 is 9.72 Å². The highest BCUT2D eigenvalue weighted by Crippen LogP contribution is 2.30. The molecule has 0 bridgehead atoms. The van der Waals surface area contributed by atoms with Crippen LogP contribution < -0.4 is 5.32 Å². The van der Waals surface area contributed by atoms with E-state index in [0.29, 0.717) is 21.3 Å². The number of carbonyl (C=O) groups excluding carboxylic acids is 1. The summed E-state index contributed by atoms with van der Waals surface area (Å²) in [7, 11) is 0. The molecule has 0 aliphatic rings. The van der Waals surface area contributed by atoms with Crippen LogP contribution in [0.5, 0.6) is 0 Å². The number of anilines is 1. The van der Waals surface area contributed by atoms with E-state index < -0.39 is 10.8 Å². The summed E-state index contributed by atoms with van der Waals surface area (Å²) in [6.45, 7) is 0. The molecule has 0 atom stereocenters. The molecule has 0 aliphatic heterocycles. The number of halogens is 3. The van der Waals surface area contributed by atoms with Crippen LogP contribution in [0.3, 0.4) is 0 Å². The number of carbonyl (C=O) groups is 1. The van der Waals surface area contributed by atoms with Gasteiger partial charge in [-0.05, 0) is 30.3 Å². The Bertz CT molecular complexity index is 1020. The average molecular weight is 412 g/mol. The Morgan fingerprint density at radius 1 is 1.08 bits per heavy atom. The van der Waals surface area contributed by atoms with Crippen molar-refractivity contribution in [2.24, 2.45) is 0 Å². The molecule has 26 heavy (non-hydrogen) atoms. The van der Waals surface area contributed by atoms with Crippen LogP contribution >= 0.6 is 34.8 Å². The summed E-state index contributed by atoms with van der Waals surface area (Å²) in [5.74, 6) is -0.559. The summed E-state index contributed by atoms with van der Waals surface area (Å²) < 4.78 is 0. The van der Waals surface area contributed by atoms with Crippen molar-refractivity contribution in [1.82, 2.24) is 10.2 Å². The van der Waals surface area contributed by atoms with Crippen LogP contribution in [0.4, 0.5) is 11.4 Å². The van der Waals surface area contributed by atoms with E-state index in [2.05, 4.69) is 15.5 Å². The van der Waals surface area contributed by atoms with Crippen LogP contribution in [0.1, 0.15) is 10.5 Å². The molecule has 3 rings (SSSR count). The van der Waals surface area contributed by atoms with E-state index in [1.54, 1.807) is 18.2 Å². The molecule has 2 N–H and O–H groups in total. The Morgan fingerprint density at radius 2 is 1.85 bits per heavy atom. The minimum atomic E-state index is -0.581. The number of nitro groups is 1. The number of amides is 1. The first-order chi connectivity index (χ1) is 12.3. The number of aromatic amines is 1. The fraction of sp³-hybridized carbons (Fsp3) is 0. The normalized spacial score (nSPS) is 10.6. The van der Waals surface area contributed by atoms with Gasteiger partial charge in [-0.3, -0.25) is 20.0 Å². The lowest BCUT2D eigenvalue weighted by Gasteiger charge is -2.05. The molecule has 2 aromatic carbocycles. The molecule has 132 valence electrons. The number of hydrogen-bond donors (Lipinski definition) is 2. The van der Waals surface area contributed by atoms with E-state index in [-0.39, 0.29) is 22.1 Å². The van der Waals surface area contributed by atoms with Crippen LogP contribution in [0, 0.1) is 10.1 Å². The molecule has 1 aromatic heterocycles. The van der Waals surface area contributed by atoms with Gasteiger partial charge in [0.1, 0.15) is 5.69 Å². The van der Waals surface area contributed by atoms with Gasteiger partial charge in [0.15, 0.2) is 0 Å². The highest BCUT2D eigenvalue weighted by molar-refractivity contribution is 6.36. The van der Waals surface area contributed by atoms with Gasteiger partial charge in [-0.25, -0.2) is 0 Å². The lowest BCUT2D eigenvalue weighted by atomic mass is 10.1. The number of nitrogens with one attached hydrogen (secondary N) is 2. The highest BCUT2D eigenvalue weighted by Gasteiger charge is 2.16. The van der Waals surface area contributed by atoms with E-state index in [1.807, 2.05) is 0 Å². The van der Waals surface area contributed by atoms with Crippen LogP contribution in [-0.4, -0.2) is 21.0 Å². The molecule has 10 heteroatoms. The van der Waals surface area contributed by atoms with Gasteiger partial charge in [-0.1, -0.05) is 34.8 Å². The van der Waals surface area contributed by atoms with E-state index in [0.717, 1.165) is 0 Å². The van der Waals surface area contributed by atoms with Crippen LogP contribution in [0.15, 0.2) is 42.5 Å². The minimum absolute atomic E-state index is 0.117. The first-order valence-electron chi connectivity index (χ1n) is 7.11. The standard InChI is InChI=1S/C16H9Cl3N4O3/c17-8-1-3-10(12(19)5-8)13-7-15(22-21-13)16(24)20-14-6-9(23(25)26)2-4-11(14)18/h1-7H,(H,20,24)(H,21,22). The Morgan fingerprint density at radius 3 is 2.54 bits per heavy atom. The number of nitro benzene ring substituents is 1. The minimum Gasteiger partial charge on any atom is -0.319 e. The smallest absolute Gasteiger partial charge is 0.273 e. The van der Waals surface area contributed by atoms with Gasteiger partial charge in [-0.2, -0.15) is 5.10 Å². The monoisotopic (exact) mass is 410 g/mol. The number of benzene rings is 2. The molecule has 0 saturated heterocycles. The maximum atomic E-state index is 12.4. The second-order valence-electron chi connectivity index (χ2n) is 5.17. The quantitative estimate of drug-likeness (QED) is 0.455. The fourth-order valence-corrected chi connectivity index (χ4v) is 2.86. The molecule has 1 heterocycles. The first kappa shape index (κ1) is 18.2.